The molecule has 0 spiro atoms. The van der Waals surface area contributed by atoms with Crippen LogP contribution in [0.5, 0.6) is 0 Å². The van der Waals surface area contributed by atoms with Crippen molar-refractivity contribution in [1.29, 1.82) is 0 Å². The topological polar surface area (TPSA) is 76.9 Å². The van der Waals surface area contributed by atoms with Gasteiger partial charge in [-0.3, -0.25) is 4.57 Å². The Labute approximate surface area is 170 Å². The van der Waals surface area contributed by atoms with Gasteiger partial charge >= 0.3 is 0 Å². The quantitative estimate of drug-likeness (QED) is 0.567. The van der Waals surface area contributed by atoms with Crippen LogP contribution in [-0.2, 0) is 22.3 Å². The van der Waals surface area contributed by atoms with Crippen LogP contribution in [0.25, 0.3) is 5.69 Å². The van der Waals surface area contributed by atoms with E-state index in [9.17, 15) is 8.42 Å². The van der Waals surface area contributed by atoms with Gasteiger partial charge < -0.3 is 0 Å². The molecule has 28 heavy (non-hydrogen) atoms. The predicted octanol–water partition coefficient (Wildman–Crippen LogP) is 3.70. The minimum atomic E-state index is -3.39. The molecule has 0 fully saturated rings. The number of sulfonamides is 1. The summed E-state index contributed by atoms with van der Waals surface area (Å²) in [6.45, 7) is 5.41. The van der Waals surface area contributed by atoms with Gasteiger partial charge in [0.15, 0.2) is 11.0 Å². The maximum atomic E-state index is 12.1. The monoisotopic (exact) mass is 416 g/mol. The van der Waals surface area contributed by atoms with E-state index in [0.717, 1.165) is 22.2 Å². The first-order valence-electron chi connectivity index (χ1n) is 9.03. The fourth-order valence-corrected chi connectivity index (χ4v) is 4.11. The third-order valence-corrected chi connectivity index (χ3v) is 7.04. The number of aromatic nitrogens is 3. The third kappa shape index (κ3) is 5.01. The fourth-order valence-electron chi connectivity index (χ4n) is 2.52. The SMILES string of the molecule is Cc1ccc(-n2c(CNS(=O)(=O)C(C)C)nnc2SCc2ccccc2)cc1. The van der Waals surface area contributed by atoms with Crippen molar-refractivity contribution in [1.82, 2.24) is 19.5 Å². The van der Waals surface area contributed by atoms with Crippen LogP contribution in [0.1, 0.15) is 30.8 Å². The molecule has 148 valence electrons. The Kier molecular flexibility index (Phi) is 6.53. The molecule has 0 saturated heterocycles. The number of thioether (sulfide) groups is 1. The molecule has 3 aromatic rings. The lowest BCUT2D eigenvalue weighted by molar-refractivity contribution is 0.569. The van der Waals surface area contributed by atoms with Gasteiger partial charge in [0.25, 0.3) is 0 Å². The van der Waals surface area contributed by atoms with E-state index in [1.807, 2.05) is 54.0 Å². The molecule has 0 bridgehead atoms. The van der Waals surface area contributed by atoms with Crippen LogP contribution < -0.4 is 4.72 Å². The van der Waals surface area contributed by atoms with Crippen LogP contribution in [0.15, 0.2) is 59.8 Å². The van der Waals surface area contributed by atoms with Crippen molar-refractivity contribution in [2.24, 2.45) is 0 Å². The normalized spacial score (nSPS) is 11.9. The minimum Gasteiger partial charge on any atom is -0.273 e. The Bertz CT molecular complexity index is 1010. The molecule has 8 heteroatoms. The van der Waals surface area contributed by atoms with E-state index < -0.39 is 15.3 Å². The fraction of sp³-hybridized carbons (Fsp3) is 0.300. The molecule has 0 saturated carbocycles. The molecule has 1 aromatic heterocycles. The van der Waals surface area contributed by atoms with Gasteiger partial charge in [-0.1, -0.05) is 59.8 Å². The zero-order valence-electron chi connectivity index (χ0n) is 16.2. The Morgan fingerprint density at radius 3 is 2.36 bits per heavy atom. The van der Waals surface area contributed by atoms with Crippen molar-refractivity contribution in [3.05, 3.63) is 71.5 Å². The van der Waals surface area contributed by atoms with Gasteiger partial charge in [-0.15, -0.1) is 10.2 Å². The maximum Gasteiger partial charge on any atom is 0.214 e. The highest BCUT2D eigenvalue weighted by atomic mass is 32.2. The van der Waals surface area contributed by atoms with Gasteiger partial charge in [0, 0.05) is 11.4 Å². The molecule has 1 N–H and O–H groups in total. The molecule has 0 amide bonds. The van der Waals surface area contributed by atoms with Gasteiger partial charge in [-0.05, 0) is 38.5 Å². The van der Waals surface area contributed by atoms with Crippen LogP contribution in [0.2, 0.25) is 0 Å². The van der Waals surface area contributed by atoms with Crippen molar-refractivity contribution >= 4 is 21.8 Å². The number of benzene rings is 2. The first-order valence-corrected chi connectivity index (χ1v) is 11.6. The number of nitrogens with zero attached hydrogens (tertiary/aromatic N) is 3. The highest BCUT2D eigenvalue weighted by Gasteiger charge is 2.19. The molecule has 0 aliphatic carbocycles. The second kappa shape index (κ2) is 8.89. The van der Waals surface area contributed by atoms with Crippen LogP contribution in [-0.4, -0.2) is 28.4 Å². The second-order valence-electron chi connectivity index (χ2n) is 6.76. The number of rotatable bonds is 8. The van der Waals surface area contributed by atoms with Crippen molar-refractivity contribution in [2.75, 3.05) is 0 Å². The summed E-state index contributed by atoms with van der Waals surface area (Å²) >= 11 is 1.57. The summed E-state index contributed by atoms with van der Waals surface area (Å²) in [6.07, 6.45) is 0. The van der Waals surface area contributed by atoms with E-state index in [-0.39, 0.29) is 6.54 Å². The van der Waals surface area contributed by atoms with Crippen LogP contribution in [0.4, 0.5) is 0 Å². The number of aryl methyl sites for hydroxylation is 1. The molecule has 0 aliphatic heterocycles. The van der Waals surface area contributed by atoms with E-state index in [1.54, 1.807) is 25.6 Å². The van der Waals surface area contributed by atoms with Crippen molar-refractivity contribution in [3.8, 4) is 5.69 Å². The van der Waals surface area contributed by atoms with Gasteiger partial charge in [0.05, 0.1) is 11.8 Å². The first-order chi connectivity index (χ1) is 13.4. The summed E-state index contributed by atoms with van der Waals surface area (Å²) in [4.78, 5) is 0. The van der Waals surface area contributed by atoms with Gasteiger partial charge in [0.2, 0.25) is 10.0 Å². The van der Waals surface area contributed by atoms with Gasteiger partial charge in [-0.2, -0.15) is 0 Å². The Morgan fingerprint density at radius 2 is 1.71 bits per heavy atom. The molecule has 3 rings (SSSR count). The molecule has 1 heterocycles. The average molecular weight is 417 g/mol. The van der Waals surface area contributed by atoms with Gasteiger partial charge in [-0.25, -0.2) is 13.1 Å². The van der Waals surface area contributed by atoms with E-state index >= 15 is 0 Å². The highest BCUT2D eigenvalue weighted by Crippen LogP contribution is 2.25. The van der Waals surface area contributed by atoms with Crippen molar-refractivity contribution in [2.45, 2.75) is 43.5 Å². The third-order valence-electron chi connectivity index (χ3n) is 4.26. The molecule has 0 unspecified atom stereocenters. The summed E-state index contributed by atoms with van der Waals surface area (Å²) in [6, 6.07) is 18.2. The minimum absolute atomic E-state index is 0.0906. The number of nitrogens with one attached hydrogen (secondary N) is 1. The van der Waals surface area contributed by atoms with Gasteiger partial charge in [0.1, 0.15) is 0 Å². The van der Waals surface area contributed by atoms with E-state index in [4.69, 9.17) is 0 Å². The standard InChI is InChI=1S/C20H24N4O2S2/c1-15(2)28(25,26)21-13-19-22-23-20(27-14-17-7-5-4-6-8-17)24(19)18-11-9-16(3)10-12-18/h4-12,15,21H,13-14H2,1-3H3. The highest BCUT2D eigenvalue weighted by molar-refractivity contribution is 7.98. The second-order valence-corrected chi connectivity index (χ2v) is 10.0. The van der Waals surface area contributed by atoms with E-state index in [2.05, 4.69) is 27.1 Å². The number of hydrogen-bond donors (Lipinski definition) is 1. The lowest BCUT2D eigenvalue weighted by atomic mass is 10.2. The average Bonchev–Trinajstić information content (AvgIpc) is 3.09. The van der Waals surface area contributed by atoms with Crippen molar-refractivity contribution < 1.29 is 8.42 Å². The lowest BCUT2D eigenvalue weighted by Gasteiger charge is -2.12. The molecule has 0 radical (unpaired) electrons. The van der Waals surface area contributed by atoms with Crippen LogP contribution in [0, 0.1) is 6.92 Å². The molecular formula is C20H24N4O2S2. The molecule has 0 aliphatic rings. The summed E-state index contributed by atoms with van der Waals surface area (Å²) in [5.74, 6) is 1.31. The summed E-state index contributed by atoms with van der Waals surface area (Å²) in [7, 11) is -3.39. The maximum absolute atomic E-state index is 12.1. The summed E-state index contributed by atoms with van der Waals surface area (Å²) < 4.78 is 28.8. The first kappa shape index (κ1) is 20.6. The number of hydrogen-bond acceptors (Lipinski definition) is 5. The molecule has 0 atom stereocenters. The Morgan fingerprint density at radius 1 is 1.04 bits per heavy atom. The zero-order chi connectivity index (χ0) is 20.1. The zero-order valence-corrected chi connectivity index (χ0v) is 17.8. The molecule has 6 nitrogen and oxygen atoms in total. The Balaban J connectivity index is 1.89. The summed E-state index contributed by atoms with van der Waals surface area (Å²) in [5.41, 5.74) is 3.25. The largest absolute Gasteiger partial charge is 0.273 e. The van der Waals surface area contributed by atoms with E-state index in [0.29, 0.717) is 5.82 Å². The lowest BCUT2D eigenvalue weighted by Crippen LogP contribution is -2.31. The van der Waals surface area contributed by atoms with Crippen LogP contribution in [0.3, 0.4) is 0 Å². The predicted molar refractivity (Wildman–Crippen MR) is 113 cm³/mol. The summed E-state index contributed by atoms with van der Waals surface area (Å²) in [5, 5.41) is 8.80. The molecular weight excluding hydrogens is 392 g/mol. The smallest absolute Gasteiger partial charge is 0.214 e. The van der Waals surface area contributed by atoms with E-state index in [1.165, 1.54) is 5.56 Å². The molecule has 2 aromatic carbocycles. The Hall–Kier alpha value is -2.16. The van der Waals surface area contributed by atoms with Crippen LogP contribution >= 0.6 is 11.8 Å². The van der Waals surface area contributed by atoms with Crippen molar-refractivity contribution in [3.63, 3.8) is 0 Å².